The molecule has 0 saturated heterocycles. The first kappa shape index (κ1) is 20.9. The fraction of sp³-hybridized carbons (Fsp3) is 0.227. The molecule has 3 rings (SSSR count). The Bertz CT molecular complexity index is 968. The molecule has 30 heavy (non-hydrogen) atoms. The number of rotatable bonds is 7. The molecule has 3 N–H and O–H groups in total. The third kappa shape index (κ3) is 6.10. The zero-order chi connectivity index (χ0) is 21.2. The SMILES string of the molecule is CCNC(=NCc1ccc(NC(=O)OC)cc1)NCc1coc(-c2ccccc2)n1. The maximum absolute atomic E-state index is 11.2. The number of guanidine groups is 1. The van der Waals surface area contributed by atoms with Crippen LogP contribution in [0.5, 0.6) is 0 Å². The second kappa shape index (κ2) is 10.7. The highest BCUT2D eigenvalue weighted by Gasteiger charge is 2.07. The Balaban J connectivity index is 1.57. The first-order chi connectivity index (χ1) is 14.7. The van der Waals surface area contributed by atoms with Gasteiger partial charge in [0, 0.05) is 17.8 Å². The Labute approximate surface area is 175 Å². The Morgan fingerprint density at radius 2 is 1.87 bits per heavy atom. The van der Waals surface area contributed by atoms with Crippen LogP contribution in [0.1, 0.15) is 18.2 Å². The number of benzene rings is 2. The first-order valence-corrected chi connectivity index (χ1v) is 9.64. The van der Waals surface area contributed by atoms with Gasteiger partial charge in [-0.3, -0.25) is 5.32 Å². The van der Waals surface area contributed by atoms with Gasteiger partial charge >= 0.3 is 6.09 Å². The van der Waals surface area contributed by atoms with Gasteiger partial charge in [0.15, 0.2) is 5.96 Å². The first-order valence-electron chi connectivity index (χ1n) is 9.64. The van der Waals surface area contributed by atoms with Crippen LogP contribution in [0.25, 0.3) is 11.5 Å². The number of hydrogen-bond acceptors (Lipinski definition) is 5. The average Bonchev–Trinajstić information content (AvgIpc) is 3.26. The van der Waals surface area contributed by atoms with Crippen molar-refractivity contribution in [3.8, 4) is 11.5 Å². The van der Waals surface area contributed by atoms with Crippen LogP contribution in [0.15, 0.2) is 70.3 Å². The summed E-state index contributed by atoms with van der Waals surface area (Å²) in [6, 6.07) is 17.2. The van der Waals surface area contributed by atoms with Crippen LogP contribution in [0.2, 0.25) is 0 Å². The fourth-order valence-corrected chi connectivity index (χ4v) is 2.65. The number of ether oxygens (including phenoxy) is 1. The average molecular weight is 407 g/mol. The summed E-state index contributed by atoms with van der Waals surface area (Å²) in [6.45, 7) is 3.72. The molecular weight excluding hydrogens is 382 g/mol. The maximum atomic E-state index is 11.2. The summed E-state index contributed by atoms with van der Waals surface area (Å²) in [4.78, 5) is 20.3. The molecule has 0 atom stereocenters. The standard InChI is InChI=1S/C22H25N5O3/c1-3-23-21(24-13-16-9-11-18(12-10-16)27-22(28)29-2)25-14-19-15-30-20(26-19)17-7-5-4-6-8-17/h4-12,15H,3,13-14H2,1-2H3,(H,27,28)(H2,23,24,25). The highest BCUT2D eigenvalue weighted by molar-refractivity contribution is 5.84. The van der Waals surface area contributed by atoms with Crippen LogP contribution in [-0.2, 0) is 17.8 Å². The van der Waals surface area contributed by atoms with Gasteiger partial charge in [-0.1, -0.05) is 30.3 Å². The van der Waals surface area contributed by atoms with Crippen LogP contribution in [0.3, 0.4) is 0 Å². The highest BCUT2D eigenvalue weighted by atomic mass is 16.5. The van der Waals surface area contributed by atoms with Crippen molar-refractivity contribution in [1.29, 1.82) is 0 Å². The van der Waals surface area contributed by atoms with E-state index in [4.69, 9.17) is 4.42 Å². The smallest absolute Gasteiger partial charge is 0.411 e. The minimum absolute atomic E-state index is 0.488. The van der Waals surface area contributed by atoms with E-state index in [0.717, 1.165) is 23.4 Å². The van der Waals surface area contributed by atoms with E-state index < -0.39 is 6.09 Å². The normalized spacial score (nSPS) is 11.1. The van der Waals surface area contributed by atoms with E-state index in [1.165, 1.54) is 7.11 Å². The van der Waals surface area contributed by atoms with Crippen molar-refractivity contribution < 1.29 is 13.9 Å². The number of nitrogens with one attached hydrogen (secondary N) is 3. The molecule has 0 aliphatic carbocycles. The number of methoxy groups -OCH3 is 1. The Kier molecular flexibility index (Phi) is 7.43. The number of anilines is 1. The topological polar surface area (TPSA) is 101 Å². The highest BCUT2D eigenvalue weighted by Crippen LogP contribution is 2.17. The van der Waals surface area contributed by atoms with Gasteiger partial charge < -0.3 is 19.8 Å². The number of oxazole rings is 1. The molecule has 8 nitrogen and oxygen atoms in total. The lowest BCUT2D eigenvalue weighted by Crippen LogP contribution is -2.36. The number of aromatic nitrogens is 1. The molecule has 156 valence electrons. The quantitative estimate of drug-likeness (QED) is 0.407. The predicted molar refractivity (Wildman–Crippen MR) is 116 cm³/mol. The summed E-state index contributed by atoms with van der Waals surface area (Å²) in [6.07, 6.45) is 1.15. The molecule has 1 amide bonds. The van der Waals surface area contributed by atoms with E-state index in [1.54, 1.807) is 6.26 Å². The molecule has 0 unspecified atom stereocenters. The Morgan fingerprint density at radius 1 is 1.10 bits per heavy atom. The molecule has 2 aromatic carbocycles. The molecule has 8 heteroatoms. The van der Waals surface area contributed by atoms with Crippen molar-refractivity contribution in [2.75, 3.05) is 19.0 Å². The van der Waals surface area contributed by atoms with Crippen molar-refractivity contribution >= 4 is 17.7 Å². The fourth-order valence-electron chi connectivity index (χ4n) is 2.65. The molecule has 0 fully saturated rings. The van der Waals surface area contributed by atoms with Gasteiger partial charge in [-0.25, -0.2) is 14.8 Å². The molecule has 0 saturated carbocycles. The lowest BCUT2D eigenvalue weighted by Gasteiger charge is -2.10. The monoisotopic (exact) mass is 407 g/mol. The van der Waals surface area contributed by atoms with Crippen molar-refractivity contribution in [3.63, 3.8) is 0 Å². The van der Waals surface area contributed by atoms with Gasteiger partial charge in [-0.05, 0) is 36.8 Å². The minimum atomic E-state index is -0.498. The second-order valence-electron chi connectivity index (χ2n) is 6.37. The lowest BCUT2D eigenvalue weighted by molar-refractivity contribution is 0.187. The summed E-state index contributed by atoms with van der Waals surface area (Å²) >= 11 is 0. The van der Waals surface area contributed by atoms with Gasteiger partial charge in [-0.2, -0.15) is 0 Å². The van der Waals surface area contributed by atoms with Crippen LogP contribution in [0, 0.1) is 0 Å². The zero-order valence-electron chi connectivity index (χ0n) is 17.0. The Morgan fingerprint density at radius 3 is 2.57 bits per heavy atom. The number of carbonyl (C=O) groups is 1. The van der Waals surface area contributed by atoms with E-state index in [1.807, 2.05) is 61.5 Å². The third-order valence-corrected chi connectivity index (χ3v) is 4.16. The van der Waals surface area contributed by atoms with Crippen LogP contribution < -0.4 is 16.0 Å². The van der Waals surface area contributed by atoms with Crippen molar-refractivity contribution in [2.24, 2.45) is 4.99 Å². The van der Waals surface area contributed by atoms with Gasteiger partial charge in [0.25, 0.3) is 0 Å². The second-order valence-corrected chi connectivity index (χ2v) is 6.37. The summed E-state index contributed by atoms with van der Waals surface area (Å²) in [5.41, 5.74) is 3.41. The summed E-state index contributed by atoms with van der Waals surface area (Å²) in [5, 5.41) is 9.09. The van der Waals surface area contributed by atoms with Crippen molar-refractivity contribution in [3.05, 3.63) is 72.1 Å². The number of amides is 1. The number of carbonyl (C=O) groups excluding carboxylic acids is 1. The molecule has 1 heterocycles. The molecule has 0 aliphatic heterocycles. The van der Waals surface area contributed by atoms with E-state index in [9.17, 15) is 4.79 Å². The summed E-state index contributed by atoms with van der Waals surface area (Å²) in [7, 11) is 1.33. The summed E-state index contributed by atoms with van der Waals surface area (Å²) in [5.74, 6) is 1.27. The van der Waals surface area contributed by atoms with Crippen LogP contribution in [0.4, 0.5) is 10.5 Å². The molecule has 0 radical (unpaired) electrons. The number of hydrogen-bond donors (Lipinski definition) is 3. The molecule has 3 aromatic rings. The van der Waals surface area contributed by atoms with E-state index in [2.05, 4.69) is 30.7 Å². The van der Waals surface area contributed by atoms with Gasteiger partial charge in [0.2, 0.25) is 5.89 Å². The lowest BCUT2D eigenvalue weighted by atomic mass is 10.2. The van der Waals surface area contributed by atoms with Crippen LogP contribution in [-0.4, -0.2) is 30.7 Å². The largest absolute Gasteiger partial charge is 0.453 e. The van der Waals surface area contributed by atoms with Gasteiger partial charge in [0.05, 0.1) is 25.9 Å². The molecule has 0 bridgehead atoms. The Hall–Kier alpha value is -3.81. The maximum Gasteiger partial charge on any atom is 0.411 e. The van der Waals surface area contributed by atoms with E-state index >= 15 is 0 Å². The number of aliphatic imine (C=N–C) groups is 1. The molecule has 1 aromatic heterocycles. The minimum Gasteiger partial charge on any atom is -0.453 e. The third-order valence-electron chi connectivity index (χ3n) is 4.16. The number of nitrogens with zero attached hydrogens (tertiary/aromatic N) is 2. The predicted octanol–water partition coefficient (Wildman–Crippen LogP) is 3.78. The van der Waals surface area contributed by atoms with Crippen LogP contribution >= 0.6 is 0 Å². The summed E-state index contributed by atoms with van der Waals surface area (Å²) < 4.78 is 10.1. The van der Waals surface area contributed by atoms with Crippen molar-refractivity contribution in [2.45, 2.75) is 20.0 Å². The van der Waals surface area contributed by atoms with E-state index in [0.29, 0.717) is 30.6 Å². The van der Waals surface area contributed by atoms with Gasteiger partial charge in [-0.15, -0.1) is 0 Å². The molecular formula is C22H25N5O3. The molecule has 0 spiro atoms. The van der Waals surface area contributed by atoms with Crippen molar-refractivity contribution in [1.82, 2.24) is 15.6 Å². The van der Waals surface area contributed by atoms with Gasteiger partial charge in [0.1, 0.15) is 6.26 Å². The van der Waals surface area contributed by atoms with E-state index in [-0.39, 0.29) is 0 Å². The molecule has 0 aliphatic rings. The zero-order valence-corrected chi connectivity index (χ0v) is 17.0.